The number of fused-ring (bicyclic) bond motifs is 1. The van der Waals surface area contributed by atoms with E-state index in [2.05, 4.69) is 29.4 Å². The average molecular weight is 345 g/mol. The molecule has 9 heteroatoms. The summed E-state index contributed by atoms with van der Waals surface area (Å²) in [6.07, 6.45) is -1.42. The van der Waals surface area contributed by atoms with Crippen LogP contribution < -0.4 is 5.32 Å². The molecule has 1 N–H and O–H groups in total. The second kappa shape index (κ2) is 6.25. The summed E-state index contributed by atoms with van der Waals surface area (Å²) in [5.74, 6) is 0.256. The number of alkyl halides is 3. The minimum atomic E-state index is -4.52. The van der Waals surface area contributed by atoms with Crippen LogP contribution in [-0.4, -0.2) is 38.3 Å². The molecule has 0 aromatic carbocycles. The van der Waals surface area contributed by atoms with Gasteiger partial charge in [0.25, 0.3) is 0 Å². The average Bonchev–Trinajstić information content (AvgIpc) is 2.93. The van der Waals surface area contributed by atoms with Gasteiger partial charge in [-0.15, -0.1) is 10.2 Å². The van der Waals surface area contributed by atoms with Crippen molar-refractivity contribution < 1.29 is 18.0 Å². The molecule has 1 aromatic rings. The zero-order valence-electron chi connectivity index (χ0n) is 13.8. The fourth-order valence-electron chi connectivity index (χ4n) is 3.67. The number of hydrogen-bond donors (Lipinski definition) is 1. The van der Waals surface area contributed by atoms with E-state index in [1.54, 1.807) is 0 Å². The van der Waals surface area contributed by atoms with E-state index >= 15 is 0 Å². The molecule has 0 unspecified atom stereocenters. The molecule has 0 bridgehead atoms. The summed E-state index contributed by atoms with van der Waals surface area (Å²) in [5.41, 5.74) is 0. The number of urea groups is 1. The lowest BCUT2D eigenvalue weighted by Gasteiger charge is -2.35. The Balaban J connectivity index is 1.63. The van der Waals surface area contributed by atoms with Crippen LogP contribution in [0.2, 0.25) is 0 Å². The van der Waals surface area contributed by atoms with Crippen LogP contribution in [0.5, 0.6) is 0 Å². The van der Waals surface area contributed by atoms with Crippen molar-refractivity contribution in [3.8, 4) is 0 Å². The van der Waals surface area contributed by atoms with Crippen molar-refractivity contribution in [2.24, 2.45) is 11.8 Å². The highest BCUT2D eigenvalue weighted by Gasteiger charge is 2.40. The zero-order valence-corrected chi connectivity index (χ0v) is 13.8. The number of carbonyl (C=O) groups excluding carboxylic acids is 1. The Hall–Kier alpha value is -1.80. The summed E-state index contributed by atoms with van der Waals surface area (Å²) >= 11 is 0. The molecule has 1 aliphatic carbocycles. The van der Waals surface area contributed by atoms with Crippen molar-refractivity contribution in [3.05, 3.63) is 11.6 Å². The van der Waals surface area contributed by atoms with Gasteiger partial charge in [0.1, 0.15) is 0 Å². The van der Waals surface area contributed by atoms with Gasteiger partial charge >= 0.3 is 12.2 Å². The van der Waals surface area contributed by atoms with Crippen molar-refractivity contribution in [1.29, 1.82) is 0 Å². The summed E-state index contributed by atoms with van der Waals surface area (Å²) in [6, 6.07) is -0.108. The number of rotatable bonds is 1. The smallest absolute Gasteiger partial charge is 0.335 e. The van der Waals surface area contributed by atoms with Crippen LogP contribution in [0, 0.1) is 11.8 Å². The van der Waals surface area contributed by atoms with Gasteiger partial charge in [-0.05, 0) is 31.1 Å². The van der Waals surface area contributed by atoms with Crippen LogP contribution in [0.25, 0.3) is 0 Å². The first kappa shape index (κ1) is 17.0. The second-order valence-electron chi connectivity index (χ2n) is 6.96. The van der Waals surface area contributed by atoms with Crippen LogP contribution >= 0.6 is 0 Å². The Morgan fingerprint density at radius 2 is 1.96 bits per heavy atom. The third-order valence-electron chi connectivity index (χ3n) is 5.03. The van der Waals surface area contributed by atoms with E-state index in [4.69, 9.17) is 0 Å². The van der Waals surface area contributed by atoms with Crippen LogP contribution in [0.3, 0.4) is 0 Å². The third kappa shape index (κ3) is 3.34. The molecule has 0 saturated heterocycles. The maximum absolute atomic E-state index is 12.8. The highest BCUT2D eigenvalue weighted by atomic mass is 19.4. The SMILES string of the molecule is C[C@@H]1CC[C@@H](NC(=O)N2CCn3c(nnc3C(F)(F)F)C2)[C@H](C)C1. The first-order valence-electron chi connectivity index (χ1n) is 8.30. The lowest BCUT2D eigenvalue weighted by molar-refractivity contribution is -0.147. The van der Waals surface area contributed by atoms with Gasteiger partial charge in [-0.3, -0.25) is 0 Å². The van der Waals surface area contributed by atoms with Crippen molar-refractivity contribution in [2.45, 2.75) is 58.4 Å². The van der Waals surface area contributed by atoms with Gasteiger partial charge in [0.15, 0.2) is 5.82 Å². The molecule has 3 atom stereocenters. The molecule has 134 valence electrons. The van der Waals surface area contributed by atoms with Crippen LogP contribution in [0.1, 0.15) is 44.8 Å². The summed E-state index contributed by atoms with van der Waals surface area (Å²) in [7, 11) is 0. The van der Waals surface area contributed by atoms with E-state index in [-0.39, 0.29) is 37.5 Å². The number of halogens is 3. The standard InChI is InChI=1S/C15H22F3N5O/c1-9-3-4-11(10(2)7-9)19-14(24)22-5-6-23-12(8-22)20-21-13(23)15(16,17)18/h9-11H,3-8H2,1-2H3,(H,19,24)/t9-,10-,11-/m1/s1. The largest absolute Gasteiger partial charge is 0.451 e. The van der Waals surface area contributed by atoms with E-state index in [0.29, 0.717) is 11.8 Å². The summed E-state index contributed by atoms with van der Waals surface area (Å²) in [4.78, 5) is 14.0. The molecule has 1 saturated carbocycles. The molecule has 3 rings (SSSR count). The zero-order chi connectivity index (χ0) is 17.5. The molecule has 1 fully saturated rings. The highest BCUT2D eigenvalue weighted by Crippen LogP contribution is 2.30. The lowest BCUT2D eigenvalue weighted by Crippen LogP contribution is -2.50. The third-order valence-corrected chi connectivity index (χ3v) is 5.03. The molecule has 2 heterocycles. The van der Waals surface area contributed by atoms with Crippen LogP contribution in [0.15, 0.2) is 0 Å². The van der Waals surface area contributed by atoms with Gasteiger partial charge in [0.2, 0.25) is 5.82 Å². The number of aromatic nitrogens is 3. The maximum atomic E-state index is 12.8. The molecule has 2 aliphatic rings. The maximum Gasteiger partial charge on any atom is 0.451 e. The van der Waals surface area contributed by atoms with E-state index in [1.807, 2.05) is 0 Å². The van der Waals surface area contributed by atoms with Crippen molar-refractivity contribution in [1.82, 2.24) is 25.0 Å². The molecule has 1 aliphatic heterocycles. The van der Waals surface area contributed by atoms with E-state index < -0.39 is 12.0 Å². The number of nitrogens with zero attached hydrogens (tertiary/aromatic N) is 4. The Morgan fingerprint density at radius 1 is 1.21 bits per heavy atom. The van der Waals surface area contributed by atoms with Gasteiger partial charge in [0.05, 0.1) is 6.54 Å². The number of nitrogens with one attached hydrogen (secondary N) is 1. The minimum absolute atomic E-state index is 0.0480. The number of amides is 2. The topological polar surface area (TPSA) is 63.1 Å². The Bertz CT molecular complexity index is 615. The molecule has 0 spiro atoms. The monoisotopic (exact) mass is 345 g/mol. The van der Waals surface area contributed by atoms with Gasteiger partial charge in [-0.25, -0.2) is 4.79 Å². The molecule has 0 radical (unpaired) electrons. The number of hydrogen-bond acceptors (Lipinski definition) is 3. The van der Waals surface area contributed by atoms with Gasteiger partial charge in [-0.1, -0.05) is 13.8 Å². The summed E-state index contributed by atoms with van der Waals surface area (Å²) < 4.78 is 39.5. The first-order chi connectivity index (χ1) is 11.3. The Morgan fingerprint density at radius 3 is 2.62 bits per heavy atom. The molecule has 2 amide bonds. The molecular formula is C15H22F3N5O. The molecule has 6 nitrogen and oxygen atoms in total. The summed E-state index contributed by atoms with van der Waals surface area (Å²) in [5, 5.41) is 9.86. The van der Waals surface area contributed by atoms with Crippen molar-refractivity contribution >= 4 is 6.03 Å². The minimum Gasteiger partial charge on any atom is -0.335 e. The predicted octanol–water partition coefficient (Wildman–Crippen LogP) is 2.65. The van der Waals surface area contributed by atoms with Gasteiger partial charge < -0.3 is 14.8 Å². The Kier molecular flexibility index (Phi) is 4.44. The van der Waals surface area contributed by atoms with Crippen molar-refractivity contribution in [3.63, 3.8) is 0 Å². The van der Waals surface area contributed by atoms with E-state index in [9.17, 15) is 18.0 Å². The normalized spacial score (nSPS) is 27.7. The predicted molar refractivity (Wildman–Crippen MR) is 79.9 cm³/mol. The fraction of sp³-hybridized carbons (Fsp3) is 0.800. The molecule has 1 aromatic heterocycles. The van der Waals surface area contributed by atoms with E-state index in [1.165, 1.54) is 4.90 Å². The lowest BCUT2D eigenvalue weighted by atomic mass is 9.80. The summed E-state index contributed by atoms with van der Waals surface area (Å²) in [6.45, 7) is 4.67. The Labute approximate surface area is 138 Å². The van der Waals surface area contributed by atoms with Gasteiger partial charge in [0, 0.05) is 19.1 Å². The highest BCUT2D eigenvalue weighted by molar-refractivity contribution is 5.74. The quantitative estimate of drug-likeness (QED) is 0.851. The van der Waals surface area contributed by atoms with Crippen molar-refractivity contribution in [2.75, 3.05) is 6.54 Å². The molecular weight excluding hydrogens is 323 g/mol. The first-order valence-corrected chi connectivity index (χ1v) is 8.30. The fourth-order valence-corrected chi connectivity index (χ4v) is 3.67. The van der Waals surface area contributed by atoms with Crippen LogP contribution in [-0.2, 0) is 19.3 Å². The second-order valence-corrected chi connectivity index (χ2v) is 6.96. The van der Waals surface area contributed by atoms with Crippen LogP contribution in [0.4, 0.5) is 18.0 Å². The number of carbonyl (C=O) groups is 1. The molecule has 24 heavy (non-hydrogen) atoms. The van der Waals surface area contributed by atoms with Gasteiger partial charge in [-0.2, -0.15) is 13.2 Å². The van der Waals surface area contributed by atoms with E-state index in [0.717, 1.165) is 23.8 Å².